The molecule has 148 valence electrons. The number of carboxylic acids is 1. The van der Waals surface area contributed by atoms with Gasteiger partial charge in [-0.1, -0.05) is 18.2 Å². The van der Waals surface area contributed by atoms with E-state index in [-0.39, 0.29) is 16.4 Å². The molecule has 1 saturated heterocycles. The van der Waals surface area contributed by atoms with Crippen LogP contribution < -0.4 is 19.7 Å². The highest BCUT2D eigenvalue weighted by Gasteiger charge is 2.34. The monoisotopic (exact) mass is 412 g/mol. The number of para-hydroxylation sites is 1. The number of carbonyl (C=O) groups is 3. The van der Waals surface area contributed by atoms with Gasteiger partial charge in [-0.05, 0) is 48.6 Å². The summed E-state index contributed by atoms with van der Waals surface area (Å²) in [4.78, 5) is 37.4. The van der Waals surface area contributed by atoms with Crippen molar-refractivity contribution in [2.24, 2.45) is 0 Å². The smallest absolute Gasteiger partial charge is 0.341 e. The first-order valence-electron chi connectivity index (χ1n) is 8.40. The Kier molecular flexibility index (Phi) is 5.89. The Labute approximate surface area is 171 Å². The predicted octanol–water partition coefficient (Wildman–Crippen LogP) is 1.99. The van der Waals surface area contributed by atoms with E-state index in [1.165, 1.54) is 18.1 Å². The second-order valence-corrected chi connectivity index (χ2v) is 6.26. The molecule has 1 heterocycles. The highest BCUT2D eigenvalue weighted by molar-refractivity contribution is 7.80. The number of amides is 2. The van der Waals surface area contributed by atoms with Crippen molar-refractivity contribution < 1.29 is 29.0 Å². The Morgan fingerprint density at radius 2 is 1.86 bits per heavy atom. The first-order valence-corrected chi connectivity index (χ1v) is 8.80. The van der Waals surface area contributed by atoms with Crippen LogP contribution in [0.4, 0.5) is 5.69 Å². The van der Waals surface area contributed by atoms with Crippen molar-refractivity contribution in [1.29, 1.82) is 0 Å². The summed E-state index contributed by atoms with van der Waals surface area (Å²) in [6.45, 7) is -0.553. The van der Waals surface area contributed by atoms with Crippen molar-refractivity contribution in [2.75, 3.05) is 18.6 Å². The summed E-state index contributed by atoms with van der Waals surface area (Å²) in [6, 6.07) is 13.1. The van der Waals surface area contributed by atoms with Crippen LogP contribution in [0.5, 0.6) is 11.5 Å². The average Bonchev–Trinajstić information content (AvgIpc) is 2.70. The summed E-state index contributed by atoms with van der Waals surface area (Å²) < 4.78 is 10.3. The highest BCUT2D eigenvalue weighted by atomic mass is 32.1. The molecule has 0 unspecified atom stereocenters. The van der Waals surface area contributed by atoms with Crippen molar-refractivity contribution in [2.45, 2.75) is 0 Å². The summed E-state index contributed by atoms with van der Waals surface area (Å²) >= 11 is 5.16. The van der Waals surface area contributed by atoms with Gasteiger partial charge in [0, 0.05) is 5.56 Å². The van der Waals surface area contributed by atoms with Gasteiger partial charge >= 0.3 is 5.97 Å². The number of rotatable bonds is 6. The van der Waals surface area contributed by atoms with Crippen molar-refractivity contribution in [3.05, 3.63) is 59.7 Å². The van der Waals surface area contributed by atoms with E-state index in [4.69, 9.17) is 26.8 Å². The molecule has 29 heavy (non-hydrogen) atoms. The minimum atomic E-state index is -1.14. The van der Waals surface area contributed by atoms with E-state index >= 15 is 0 Å². The zero-order valence-electron chi connectivity index (χ0n) is 15.2. The van der Waals surface area contributed by atoms with E-state index in [1.54, 1.807) is 48.5 Å². The van der Waals surface area contributed by atoms with Gasteiger partial charge in [-0.15, -0.1) is 0 Å². The Hall–Kier alpha value is -3.72. The topological polar surface area (TPSA) is 105 Å². The van der Waals surface area contributed by atoms with Gasteiger partial charge in [0.25, 0.3) is 11.8 Å². The number of anilines is 1. The van der Waals surface area contributed by atoms with Crippen LogP contribution in [0, 0.1) is 0 Å². The van der Waals surface area contributed by atoms with Crippen molar-refractivity contribution in [3.63, 3.8) is 0 Å². The number of nitrogens with zero attached hydrogens (tertiary/aromatic N) is 1. The molecule has 0 aromatic heterocycles. The number of methoxy groups -OCH3 is 1. The predicted molar refractivity (Wildman–Crippen MR) is 109 cm³/mol. The van der Waals surface area contributed by atoms with Crippen LogP contribution in [0.3, 0.4) is 0 Å². The fourth-order valence-electron chi connectivity index (χ4n) is 2.65. The van der Waals surface area contributed by atoms with Crippen molar-refractivity contribution >= 4 is 46.9 Å². The zero-order chi connectivity index (χ0) is 21.0. The van der Waals surface area contributed by atoms with E-state index in [1.807, 2.05) is 0 Å². The number of thiocarbonyl (C=S) groups is 1. The Morgan fingerprint density at radius 1 is 1.17 bits per heavy atom. The van der Waals surface area contributed by atoms with Crippen molar-refractivity contribution in [3.8, 4) is 11.5 Å². The lowest BCUT2D eigenvalue weighted by molar-refractivity contribution is -0.139. The Bertz CT molecular complexity index is 1020. The number of hydrogen-bond donors (Lipinski definition) is 2. The Morgan fingerprint density at radius 3 is 2.52 bits per heavy atom. The minimum absolute atomic E-state index is 0.0438. The van der Waals surface area contributed by atoms with Crippen LogP contribution in [-0.2, 0) is 14.4 Å². The third-order valence-electron chi connectivity index (χ3n) is 4.00. The van der Waals surface area contributed by atoms with Gasteiger partial charge < -0.3 is 14.6 Å². The number of carboxylic acid groups (broad SMARTS) is 1. The molecule has 0 atom stereocenters. The third kappa shape index (κ3) is 4.41. The number of hydrogen-bond acceptors (Lipinski definition) is 6. The minimum Gasteiger partial charge on any atom is -0.497 e. The van der Waals surface area contributed by atoms with Crippen LogP contribution in [0.2, 0.25) is 0 Å². The summed E-state index contributed by atoms with van der Waals surface area (Å²) in [5.41, 5.74) is 0.678. The van der Waals surface area contributed by atoms with E-state index in [2.05, 4.69) is 5.32 Å². The first-order chi connectivity index (χ1) is 13.9. The second kappa shape index (κ2) is 8.53. The van der Waals surface area contributed by atoms with Gasteiger partial charge in [-0.25, -0.2) is 4.79 Å². The number of carbonyl (C=O) groups excluding carboxylic acids is 2. The molecule has 3 rings (SSSR count). The molecule has 2 aromatic carbocycles. The maximum Gasteiger partial charge on any atom is 0.341 e. The van der Waals surface area contributed by atoms with Gasteiger partial charge in [0.15, 0.2) is 11.7 Å². The molecule has 0 aliphatic carbocycles. The molecule has 8 nitrogen and oxygen atoms in total. The van der Waals surface area contributed by atoms with Crippen LogP contribution in [0.1, 0.15) is 5.56 Å². The standard InChI is InChI=1S/C20H16N2O6S/c1-27-14-8-6-13(7-9-14)22-19(26)15(18(25)21-20(22)29)10-12-4-2-3-5-16(12)28-11-17(23)24/h2-10H,11H2,1H3,(H,23,24)(H,21,25,29)/b15-10-. The lowest BCUT2D eigenvalue weighted by Gasteiger charge is -2.29. The molecule has 2 aromatic rings. The normalized spacial score (nSPS) is 15.3. The molecular weight excluding hydrogens is 396 g/mol. The van der Waals surface area contributed by atoms with Crippen LogP contribution in [0.25, 0.3) is 6.08 Å². The fourth-order valence-corrected chi connectivity index (χ4v) is 2.93. The van der Waals surface area contributed by atoms with Crippen molar-refractivity contribution in [1.82, 2.24) is 5.32 Å². The molecule has 0 radical (unpaired) electrons. The largest absolute Gasteiger partial charge is 0.497 e. The van der Waals surface area contributed by atoms with Gasteiger partial charge in [0.1, 0.15) is 17.1 Å². The van der Waals surface area contributed by atoms with Gasteiger partial charge in [-0.3, -0.25) is 19.8 Å². The third-order valence-corrected chi connectivity index (χ3v) is 4.29. The quantitative estimate of drug-likeness (QED) is 0.425. The SMILES string of the molecule is COc1ccc(N2C(=O)/C(=C\c3ccccc3OCC(=O)O)C(=O)NC2=S)cc1. The van der Waals surface area contributed by atoms with Crippen LogP contribution in [0.15, 0.2) is 54.1 Å². The highest BCUT2D eigenvalue weighted by Crippen LogP contribution is 2.26. The second-order valence-electron chi connectivity index (χ2n) is 5.88. The number of aliphatic carboxylic acids is 1. The molecule has 0 saturated carbocycles. The number of ether oxygens (including phenoxy) is 2. The summed E-state index contributed by atoms with van der Waals surface area (Å²) in [5.74, 6) is -1.58. The molecule has 1 fully saturated rings. The lowest BCUT2D eigenvalue weighted by Crippen LogP contribution is -2.54. The molecule has 0 spiro atoms. The van der Waals surface area contributed by atoms with E-state index < -0.39 is 24.4 Å². The summed E-state index contributed by atoms with van der Waals surface area (Å²) in [5, 5.41) is 11.3. The fraction of sp³-hybridized carbons (Fsp3) is 0.100. The number of nitrogens with one attached hydrogen (secondary N) is 1. The zero-order valence-corrected chi connectivity index (χ0v) is 16.1. The average molecular weight is 412 g/mol. The first kappa shape index (κ1) is 20.0. The summed E-state index contributed by atoms with van der Waals surface area (Å²) in [6.07, 6.45) is 1.34. The van der Waals surface area contributed by atoms with Gasteiger partial charge in [-0.2, -0.15) is 0 Å². The molecular formula is C20H16N2O6S. The van der Waals surface area contributed by atoms with E-state index in [0.29, 0.717) is 17.0 Å². The molecule has 2 amide bonds. The summed E-state index contributed by atoms with van der Waals surface area (Å²) in [7, 11) is 1.52. The van der Waals surface area contributed by atoms with E-state index in [9.17, 15) is 14.4 Å². The molecule has 2 N–H and O–H groups in total. The van der Waals surface area contributed by atoms with Gasteiger partial charge in [0.05, 0.1) is 12.8 Å². The van der Waals surface area contributed by atoms with Crippen LogP contribution >= 0.6 is 12.2 Å². The maximum atomic E-state index is 13.0. The molecule has 9 heteroatoms. The maximum absolute atomic E-state index is 13.0. The number of benzene rings is 2. The molecule has 1 aliphatic rings. The van der Waals surface area contributed by atoms with E-state index in [0.717, 1.165) is 0 Å². The lowest BCUT2D eigenvalue weighted by atomic mass is 10.1. The molecule has 1 aliphatic heterocycles. The van der Waals surface area contributed by atoms with Gasteiger partial charge in [0.2, 0.25) is 0 Å². The van der Waals surface area contributed by atoms with Crippen LogP contribution in [-0.4, -0.2) is 41.7 Å². The Balaban J connectivity index is 1.96. The molecule has 0 bridgehead atoms.